The molecule has 0 aliphatic carbocycles. The van der Waals surface area contributed by atoms with Gasteiger partial charge in [-0.25, -0.2) is 9.97 Å². The van der Waals surface area contributed by atoms with Crippen LogP contribution in [0.5, 0.6) is 0 Å². The summed E-state index contributed by atoms with van der Waals surface area (Å²) in [5.74, 6) is 0.755. The number of carbonyl (C=O) groups is 1. The predicted molar refractivity (Wildman–Crippen MR) is 108 cm³/mol. The molecule has 1 atom stereocenters. The van der Waals surface area contributed by atoms with Crippen LogP contribution in [0, 0.1) is 6.92 Å². The Bertz CT molecular complexity index is 1170. The fraction of sp³-hybridized carbons (Fsp3) is 0.174. The first-order valence-corrected chi connectivity index (χ1v) is 9.47. The molecule has 5 heteroatoms. The van der Waals surface area contributed by atoms with Gasteiger partial charge in [-0.15, -0.1) is 0 Å². The smallest absolute Gasteiger partial charge is 0.256 e. The van der Waals surface area contributed by atoms with E-state index in [4.69, 9.17) is 0 Å². The Morgan fingerprint density at radius 3 is 2.71 bits per heavy atom. The van der Waals surface area contributed by atoms with E-state index >= 15 is 0 Å². The van der Waals surface area contributed by atoms with Gasteiger partial charge in [0.25, 0.3) is 5.91 Å². The normalized spacial score (nSPS) is 16.2. The van der Waals surface area contributed by atoms with Crippen molar-refractivity contribution in [3.63, 3.8) is 0 Å². The number of rotatable bonds is 2. The minimum absolute atomic E-state index is 0.000550. The van der Waals surface area contributed by atoms with Crippen molar-refractivity contribution in [2.75, 3.05) is 6.54 Å². The van der Waals surface area contributed by atoms with Crippen molar-refractivity contribution in [3.8, 4) is 0 Å². The molecule has 2 aromatic heterocycles. The summed E-state index contributed by atoms with van der Waals surface area (Å²) in [4.78, 5) is 27.5. The summed E-state index contributed by atoms with van der Waals surface area (Å²) in [5.41, 5.74) is 5.52. The van der Waals surface area contributed by atoms with Crippen LogP contribution in [0.4, 0.5) is 0 Å². The zero-order chi connectivity index (χ0) is 19.1. The second kappa shape index (κ2) is 6.60. The first-order chi connectivity index (χ1) is 13.7. The van der Waals surface area contributed by atoms with E-state index < -0.39 is 0 Å². The zero-order valence-electron chi connectivity index (χ0n) is 15.6. The molecule has 5 nitrogen and oxygen atoms in total. The molecule has 2 aromatic carbocycles. The van der Waals surface area contributed by atoms with Crippen LogP contribution in [0.3, 0.4) is 0 Å². The number of imidazole rings is 1. The van der Waals surface area contributed by atoms with Gasteiger partial charge in [0.1, 0.15) is 5.82 Å². The van der Waals surface area contributed by atoms with E-state index in [0.29, 0.717) is 23.3 Å². The summed E-state index contributed by atoms with van der Waals surface area (Å²) in [5, 5.41) is 0. The lowest BCUT2D eigenvalue weighted by Crippen LogP contribution is -2.40. The molecule has 4 aromatic rings. The summed E-state index contributed by atoms with van der Waals surface area (Å²) in [7, 11) is 0. The number of aromatic amines is 1. The van der Waals surface area contributed by atoms with Crippen molar-refractivity contribution < 1.29 is 4.79 Å². The fourth-order valence-corrected chi connectivity index (χ4v) is 4.14. The standard InChI is InChI=1S/C23H20N4O/c1-15-25-20-19(11-13-24-22(20)26-15)23(28)27-14-12-16-7-5-6-10-18(16)21(27)17-8-3-2-4-9-17/h2-11,13,21H,12,14H2,1H3,(H,24,25,26)/t21-/m0/s1. The van der Waals surface area contributed by atoms with Gasteiger partial charge in [0, 0.05) is 12.7 Å². The number of benzene rings is 2. The molecule has 1 N–H and O–H groups in total. The monoisotopic (exact) mass is 368 g/mol. The number of carbonyl (C=O) groups excluding carboxylic acids is 1. The number of hydrogen-bond donors (Lipinski definition) is 1. The van der Waals surface area contributed by atoms with E-state index in [9.17, 15) is 4.79 Å². The van der Waals surface area contributed by atoms with Gasteiger partial charge in [0.15, 0.2) is 5.65 Å². The summed E-state index contributed by atoms with van der Waals surface area (Å²) in [6.45, 7) is 2.55. The summed E-state index contributed by atoms with van der Waals surface area (Å²) in [6.07, 6.45) is 2.51. The first-order valence-electron chi connectivity index (χ1n) is 9.47. The van der Waals surface area contributed by atoms with Crippen molar-refractivity contribution in [1.82, 2.24) is 19.9 Å². The molecule has 0 saturated carbocycles. The molecule has 5 rings (SSSR count). The summed E-state index contributed by atoms with van der Waals surface area (Å²) >= 11 is 0. The third-order valence-electron chi connectivity index (χ3n) is 5.40. The number of hydrogen-bond acceptors (Lipinski definition) is 3. The van der Waals surface area contributed by atoms with Crippen LogP contribution in [-0.4, -0.2) is 32.3 Å². The average Bonchev–Trinajstić information content (AvgIpc) is 3.13. The highest BCUT2D eigenvalue weighted by molar-refractivity contribution is 6.04. The van der Waals surface area contributed by atoms with Gasteiger partial charge in [0.05, 0.1) is 17.1 Å². The number of pyridine rings is 1. The van der Waals surface area contributed by atoms with Crippen molar-refractivity contribution >= 4 is 17.1 Å². The molecular formula is C23H20N4O. The number of amides is 1. The third-order valence-corrected chi connectivity index (χ3v) is 5.40. The van der Waals surface area contributed by atoms with Crippen LogP contribution in [0.25, 0.3) is 11.2 Å². The van der Waals surface area contributed by atoms with Crippen molar-refractivity contribution in [2.45, 2.75) is 19.4 Å². The molecule has 28 heavy (non-hydrogen) atoms. The SMILES string of the molecule is Cc1nc2nccc(C(=O)N3CCc4ccccc4[C@@H]3c3ccccc3)c2[nH]1. The lowest BCUT2D eigenvalue weighted by atomic mass is 9.87. The minimum Gasteiger partial charge on any atom is -0.340 e. The number of nitrogens with one attached hydrogen (secondary N) is 1. The lowest BCUT2D eigenvalue weighted by Gasteiger charge is -2.38. The molecule has 0 fully saturated rings. The average molecular weight is 368 g/mol. The lowest BCUT2D eigenvalue weighted by molar-refractivity contribution is 0.0696. The largest absolute Gasteiger partial charge is 0.340 e. The van der Waals surface area contributed by atoms with Gasteiger partial charge < -0.3 is 9.88 Å². The fourth-order valence-electron chi connectivity index (χ4n) is 4.14. The Balaban J connectivity index is 1.64. The molecule has 1 amide bonds. The summed E-state index contributed by atoms with van der Waals surface area (Å²) < 4.78 is 0. The van der Waals surface area contributed by atoms with Gasteiger partial charge in [-0.2, -0.15) is 0 Å². The molecule has 138 valence electrons. The third kappa shape index (κ3) is 2.67. The zero-order valence-corrected chi connectivity index (χ0v) is 15.6. The van der Waals surface area contributed by atoms with Crippen molar-refractivity contribution in [3.05, 3.63) is 94.9 Å². The molecule has 1 aliphatic rings. The highest BCUT2D eigenvalue weighted by atomic mass is 16.2. The Hall–Kier alpha value is -3.47. The van der Waals surface area contributed by atoms with E-state index in [1.54, 1.807) is 12.3 Å². The Labute approximate surface area is 163 Å². The van der Waals surface area contributed by atoms with Crippen LogP contribution < -0.4 is 0 Å². The topological polar surface area (TPSA) is 61.9 Å². The maximum atomic E-state index is 13.7. The number of fused-ring (bicyclic) bond motifs is 2. The van der Waals surface area contributed by atoms with Crippen molar-refractivity contribution in [1.29, 1.82) is 0 Å². The number of aromatic nitrogens is 3. The molecule has 0 spiro atoms. The van der Waals surface area contributed by atoms with Crippen LogP contribution in [0.2, 0.25) is 0 Å². The maximum Gasteiger partial charge on any atom is 0.256 e. The Kier molecular flexibility index (Phi) is 3.93. The van der Waals surface area contributed by atoms with E-state index in [-0.39, 0.29) is 11.9 Å². The van der Waals surface area contributed by atoms with E-state index in [1.165, 1.54) is 11.1 Å². The predicted octanol–water partition coefficient (Wildman–Crippen LogP) is 4.05. The van der Waals surface area contributed by atoms with Gasteiger partial charge >= 0.3 is 0 Å². The number of H-pyrrole nitrogens is 1. The second-order valence-electron chi connectivity index (χ2n) is 7.14. The van der Waals surface area contributed by atoms with Crippen molar-refractivity contribution in [2.24, 2.45) is 0 Å². The van der Waals surface area contributed by atoms with E-state index in [0.717, 1.165) is 17.8 Å². The molecule has 0 bridgehead atoms. The Morgan fingerprint density at radius 1 is 1.07 bits per heavy atom. The molecule has 0 saturated heterocycles. The van der Waals surface area contributed by atoms with Crippen LogP contribution in [0.1, 0.15) is 38.9 Å². The van der Waals surface area contributed by atoms with E-state index in [2.05, 4.69) is 45.3 Å². The van der Waals surface area contributed by atoms with Gasteiger partial charge in [-0.1, -0.05) is 54.6 Å². The van der Waals surface area contributed by atoms with Gasteiger partial charge in [-0.3, -0.25) is 4.79 Å². The van der Waals surface area contributed by atoms with Gasteiger partial charge in [-0.05, 0) is 36.1 Å². The highest BCUT2D eigenvalue weighted by Gasteiger charge is 2.33. The first kappa shape index (κ1) is 16.7. The molecule has 0 radical (unpaired) electrons. The minimum atomic E-state index is -0.106. The number of nitrogens with zero attached hydrogens (tertiary/aromatic N) is 3. The quantitative estimate of drug-likeness (QED) is 0.580. The molecular weight excluding hydrogens is 348 g/mol. The highest BCUT2D eigenvalue weighted by Crippen LogP contribution is 2.36. The summed E-state index contributed by atoms with van der Waals surface area (Å²) in [6, 6.07) is 20.3. The molecule has 1 aliphatic heterocycles. The second-order valence-corrected chi connectivity index (χ2v) is 7.14. The molecule has 3 heterocycles. The van der Waals surface area contributed by atoms with Crippen LogP contribution >= 0.6 is 0 Å². The molecule has 0 unspecified atom stereocenters. The Morgan fingerprint density at radius 2 is 1.86 bits per heavy atom. The number of aryl methyl sites for hydroxylation is 1. The van der Waals surface area contributed by atoms with Crippen LogP contribution in [0.15, 0.2) is 66.9 Å². The maximum absolute atomic E-state index is 13.7. The van der Waals surface area contributed by atoms with Gasteiger partial charge in [0.2, 0.25) is 0 Å². The van der Waals surface area contributed by atoms with E-state index in [1.807, 2.05) is 36.1 Å². The van der Waals surface area contributed by atoms with Crippen LogP contribution in [-0.2, 0) is 6.42 Å².